The minimum atomic E-state index is -0.979. The summed E-state index contributed by atoms with van der Waals surface area (Å²) in [6, 6.07) is 35.9. The molecular weight excluding hydrogens is 620 g/mol. The van der Waals surface area contributed by atoms with E-state index in [1.165, 1.54) is 22.3 Å². The zero-order chi connectivity index (χ0) is 34.2. The molecule has 0 saturated heterocycles. The molecule has 1 unspecified atom stereocenters. The van der Waals surface area contributed by atoms with Gasteiger partial charge >= 0.3 is 0 Å². The van der Waals surface area contributed by atoms with Crippen molar-refractivity contribution in [1.82, 2.24) is 0 Å². The highest BCUT2D eigenvalue weighted by atomic mass is 16.5. The summed E-state index contributed by atoms with van der Waals surface area (Å²) in [5.74, 6) is 2.95. The van der Waals surface area contributed by atoms with Gasteiger partial charge in [-0.2, -0.15) is 0 Å². The SMILES string of the molecule is CCC1(CC)c2ccccc2-c2c1c1c(c3cc(OC)c(OC)cc23)OC(c2ccc(OC)cc2)(c2ccc3c(c2)oc2ccccc23)C=C1. The summed E-state index contributed by atoms with van der Waals surface area (Å²) < 4.78 is 31.4. The van der Waals surface area contributed by atoms with Gasteiger partial charge in [-0.05, 0) is 83.0 Å². The molecule has 0 N–H and O–H groups in total. The molecule has 248 valence electrons. The van der Waals surface area contributed by atoms with Crippen molar-refractivity contribution in [2.24, 2.45) is 0 Å². The minimum absolute atomic E-state index is 0.182. The van der Waals surface area contributed by atoms with Gasteiger partial charge in [-0.3, -0.25) is 0 Å². The third-order valence-electron chi connectivity index (χ3n) is 11.3. The fourth-order valence-electron chi connectivity index (χ4n) is 8.75. The summed E-state index contributed by atoms with van der Waals surface area (Å²) in [6.45, 7) is 4.61. The Bertz CT molecular complexity index is 2500. The Morgan fingerprint density at radius 2 is 1.30 bits per heavy atom. The van der Waals surface area contributed by atoms with Gasteiger partial charge < -0.3 is 23.4 Å². The van der Waals surface area contributed by atoms with Gasteiger partial charge in [-0.25, -0.2) is 0 Å². The van der Waals surface area contributed by atoms with Crippen LogP contribution >= 0.6 is 0 Å². The van der Waals surface area contributed by atoms with Crippen molar-refractivity contribution >= 4 is 38.8 Å². The molecule has 0 saturated carbocycles. The van der Waals surface area contributed by atoms with Gasteiger partial charge in [0, 0.05) is 38.3 Å². The molecule has 0 radical (unpaired) electrons. The predicted octanol–water partition coefficient (Wildman–Crippen LogP) is 11.2. The summed E-state index contributed by atoms with van der Waals surface area (Å²) in [5.41, 5.74) is 8.74. The molecule has 50 heavy (non-hydrogen) atoms. The van der Waals surface area contributed by atoms with Gasteiger partial charge in [-0.15, -0.1) is 0 Å². The molecule has 1 aliphatic carbocycles. The molecule has 0 amide bonds. The second-order valence-electron chi connectivity index (χ2n) is 13.3. The Labute approximate surface area is 291 Å². The second-order valence-corrected chi connectivity index (χ2v) is 13.3. The van der Waals surface area contributed by atoms with Crippen molar-refractivity contribution in [1.29, 1.82) is 0 Å². The van der Waals surface area contributed by atoms with Gasteiger partial charge in [0.1, 0.15) is 22.7 Å². The first kappa shape index (κ1) is 30.4. The van der Waals surface area contributed by atoms with Gasteiger partial charge in [0.15, 0.2) is 17.1 Å². The zero-order valence-electron chi connectivity index (χ0n) is 28.9. The summed E-state index contributed by atoms with van der Waals surface area (Å²) in [6.07, 6.45) is 6.44. The highest BCUT2D eigenvalue weighted by Crippen LogP contribution is 2.61. The van der Waals surface area contributed by atoms with E-state index in [0.29, 0.717) is 11.5 Å². The zero-order valence-corrected chi connectivity index (χ0v) is 28.9. The summed E-state index contributed by atoms with van der Waals surface area (Å²) in [4.78, 5) is 0. The maximum Gasteiger partial charge on any atom is 0.178 e. The van der Waals surface area contributed by atoms with Crippen molar-refractivity contribution in [3.05, 3.63) is 137 Å². The Morgan fingerprint density at radius 1 is 0.620 bits per heavy atom. The van der Waals surface area contributed by atoms with E-state index in [1.807, 2.05) is 30.3 Å². The van der Waals surface area contributed by atoms with E-state index in [9.17, 15) is 0 Å². The van der Waals surface area contributed by atoms with Gasteiger partial charge in [0.2, 0.25) is 0 Å². The maximum atomic E-state index is 7.62. The Balaban J connectivity index is 1.38. The number of para-hydroxylation sites is 1. The number of methoxy groups -OCH3 is 3. The molecule has 7 aromatic rings. The van der Waals surface area contributed by atoms with Gasteiger partial charge in [-0.1, -0.05) is 86.7 Å². The first-order chi connectivity index (χ1) is 24.5. The quantitative estimate of drug-likeness (QED) is 0.171. The standard InChI is InChI=1S/C45H38O5/c1-6-44(7-2)36-14-10-8-13-32(36)41-34-25-39(47-4)40(48-5)26-35(34)43-33(42(41)44)22-23-45(50-43,27-16-19-29(46-3)20-17-27)28-18-21-31-30-12-9-11-15-37(30)49-38(31)24-28/h8-26H,6-7H2,1-5H3. The fourth-order valence-corrected chi connectivity index (χ4v) is 8.75. The van der Waals surface area contributed by atoms with E-state index in [0.717, 1.165) is 73.7 Å². The van der Waals surface area contributed by atoms with Gasteiger partial charge in [0.05, 0.1) is 21.3 Å². The molecule has 2 heterocycles. The van der Waals surface area contributed by atoms with Crippen molar-refractivity contribution < 1.29 is 23.4 Å². The van der Waals surface area contributed by atoms with Crippen LogP contribution in [0.5, 0.6) is 23.0 Å². The molecule has 5 heteroatoms. The third kappa shape index (κ3) is 4.00. The molecular formula is C45H38O5. The van der Waals surface area contributed by atoms with Crippen LogP contribution in [-0.4, -0.2) is 21.3 Å². The van der Waals surface area contributed by atoms with E-state index in [2.05, 4.69) is 98.8 Å². The minimum Gasteiger partial charge on any atom is -0.497 e. The molecule has 1 atom stereocenters. The van der Waals surface area contributed by atoms with Crippen LogP contribution in [0, 0.1) is 0 Å². The van der Waals surface area contributed by atoms with Crippen LogP contribution in [0.3, 0.4) is 0 Å². The number of hydrogen-bond donors (Lipinski definition) is 0. The normalized spacial score (nSPS) is 17.0. The lowest BCUT2D eigenvalue weighted by atomic mass is 9.71. The number of rotatable bonds is 7. The van der Waals surface area contributed by atoms with E-state index in [-0.39, 0.29) is 5.41 Å². The van der Waals surface area contributed by atoms with Crippen molar-refractivity contribution in [2.45, 2.75) is 37.7 Å². The average molecular weight is 659 g/mol. The first-order valence-corrected chi connectivity index (χ1v) is 17.3. The molecule has 1 aromatic heterocycles. The topological polar surface area (TPSA) is 50.1 Å². The molecule has 1 aliphatic heterocycles. The highest BCUT2D eigenvalue weighted by Gasteiger charge is 2.47. The average Bonchev–Trinajstić information content (AvgIpc) is 3.70. The largest absolute Gasteiger partial charge is 0.497 e. The molecule has 0 bridgehead atoms. The smallest absolute Gasteiger partial charge is 0.178 e. The van der Waals surface area contributed by atoms with E-state index < -0.39 is 5.60 Å². The third-order valence-corrected chi connectivity index (χ3v) is 11.3. The van der Waals surface area contributed by atoms with Crippen LogP contribution < -0.4 is 18.9 Å². The lowest BCUT2D eigenvalue weighted by Crippen LogP contribution is -2.35. The molecule has 0 fully saturated rings. The van der Waals surface area contributed by atoms with Crippen LogP contribution in [0.15, 0.2) is 114 Å². The van der Waals surface area contributed by atoms with Crippen molar-refractivity contribution in [3.8, 4) is 34.1 Å². The van der Waals surface area contributed by atoms with E-state index in [4.69, 9.17) is 23.4 Å². The fraction of sp³-hybridized carbons (Fsp3) is 0.200. The Morgan fingerprint density at radius 3 is 2.04 bits per heavy atom. The van der Waals surface area contributed by atoms with Crippen LogP contribution in [0.2, 0.25) is 0 Å². The predicted molar refractivity (Wildman–Crippen MR) is 201 cm³/mol. The Hall–Kier alpha value is -5.68. The van der Waals surface area contributed by atoms with Crippen LogP contribution in [0.4, 0.5) is 0 Å². The van der Waals surface area contributed by atoms with Crippen LogP contribution in [-0.2, 0) is 11.0 Å². The molecule has 6 aromatic carbocycles. The summed E-state index contributed by atoms with van der Waals surface area (Å²) in [7, 11) is 5.07. The number of furan rings is 1. The lowest BCUT2D eigenvalue weighted by Gasteiger charge is -2.39. The number of benzene rings is 6. The molecule has 0 spiro atoms. The van der Waals surface area contributed by atoms with Crippen LogP contribution in [0.25, 0.3) is 49.9 Å². The lowest BCUT2D eigenvalue weighted by molar-refractivity contribution is 0.163. The molecule has 2 aliphatic rings. The number of fused-ring (bicyclic) bond motifs is 11. The van der Waals surface area contributed by atoms with E-state index >= 15 is 0 Å². The molecule has 9 rings (SSSR count). The van der Waals surface area contributed by atoms with Gasteiger partial charge in [0.25, 0.3) is 0 Å². The Kier molecular flexibility index (Phi) is 6.79. The highest BCUT2D eigenvalue weighted by molar-refractivity contribution is 6.10. The number of ether oxygens (including phenoxy) is 4. The van der Waals surface area contributed by atoms with Crippen LogP contribution in [0.1, 0.15) is 54.5 Å². The first-order valence-electron chi connectivity index (χ1n) is 17.3. The second kappa shape index (κ2) is 11.2. The number of hydrogen-bond acceptors (Lipinski definition) is 5. The van der Waals surface area contributed by atoms with Crippen molar-refractivity contribution in [2.75, 3.05) is 21.3 Å². The maximum absolute atomic E-state index is 7.62. The summed E-state index contributed by atoms with van der Waals surface area (Å²) >= 11 is 0. The molecule has 5 nitrogen and oxygen atoms in total. The monoisotopic (exact) mass is 658 g/mol. The van der Waals surface area contributed by atoms with Crippen molar-refractivity contribution in [3.63, 3.8) is 0 Å². The van der Waals surface area contributed by atoms with E-state index in [1.54, 1.807) is 21.3 Å². The summed E-state index contributed by atoms with van der Waals surface area (Å²) in [5, 5.41) is 4.22.